The van der Waals surface area contributed by atoms with E-state index in [4.69, 9.17) is 25.5 Å². The predicted octanol–water partition coefficient (Wildman–Crippen LogP) is 3.98. The van der Waals surface area contributed by atoms with Gasteiger partial charge in [-0.3, -0.25) is 0 Å². The van der Waals surface area contributed by atoms with Gasteiger partial charge in [-0.1, -0.05) is 23.7 Å². The van der Waals surface area contributed by atoms with Gasteiger partial charge in [-0.2, -0.15) is 4.31 Å². The molecule has 3 aromatic rings. The topological polar surface area (TPSA) is 94.8 Å². The highest BCUT2D eigenvalue weighted by Crippen LogP contribution is 2.35. The molecular formula is C21H22ClN3O5S. The van der Waals surface area contributed by atoms with Crippen LogP contribution in [0.1, 0.15) is 24.7 Å². The molecule has 1 fully saturated rings. The van der Waals surface area contributed by atoms with Crippen molar-refractivity contribution in [1.29, 1.82) is 0 Å². The Hall–Kier alpha value is -2.62. The Morgan fingerprint density at radius 2 is 1.87 bits per heavy atom. The average Bonchev–Trinajstić information content (AvgIpc) is 3.29. The Morgan fingerprint density at radius 3 is 2.65 bits per heavy atom. The predicted molar refractivity (Wildman–Crippen MR) is 115 cm³/mol. The van der Waals surface area contributed by atoms with Gasteiger partial charge in [0, 0.05) is 18.1 Å². The van der Waals surface area contributed by atoms with Gasteiger partial charge in [0.15, 0.2) is 0 Å². The molecule has 0 amide bonds. The maximum Gasteiger partial charge on any atom is 0.251 e. The number of halogens is 1. The molecule has 2 aromatic carbocycles. The van der Waals surface area contributed by atoms with E-state index in [0.29, 0.717) is 41.1 Å². The number of para-hydroxylation sites is 1. The third kappa shape index (κ3) is 4.26. The first-order chi connectivity index (χ1) is 14.9. The second-order valence-corrected chi connectivity index (χ2v) is 9.49. The van der Waals surface area contributed by atoms with Gasteiger partial charge in [-0.15, -0.1) is 10.2 Å². The third-order valence-electron chi connectivity index (χ3n) is 5.25. The van der Waals surface area contributed by atoms with Crippen molar-refractivity contribution in [2.45, 2.75) is 23.7 Å². The quantitative estimate of drug-likeness (QED) is 0.545. The van der Waals surface area contributed by atoms with Crippen molar-refractivity contribution >= 4 is 21.6 Å². The summed E-state index contributed by atoms with van der Waals surface area (Å²) in [6, 6.07) is 11.9. The fourth-order valence-corrected chi connectivity index (χ4v) is 5.63. The number of nitrogens with zero attached hydrogens (tertiary/aromatic N) is 3. The van der Waals surface area contributed by atoms with Crippen LogP contribution in [-0.2, 0) is 10.0 Å². The van der Waals surface area contributed by atoms with Crippen LogP contribution in [-0.4, -0.2) is 50.2 Å². The molecule has 4 rings (SSSR count). The number of hydrogen-bond donors (Lipinski definition) is 0. The fourth-order valence-electron chi connectivity index (χ4n) is 3.68. The molecule has 1 aliphatic rings. The number of hydrogen-bond acceptors (Lipinski definition) is 7. The summed E-state index contributed by atoms with van der Waals surface area (Å²) in [5.41, 5.74) is 0.688. The van der Waals surface area contributed by atoms with E-state index >= 15 is 0 Å². The molecule has 8 nitrogen and oxygen atoms in total. The Bertz CT molecular complexity index is 1180. The third-order valence-corrected chi connectivity index (χ3v) is 7.38. The van der Waals surface area contributed by atoms with Crippen molar-refractivity contribution < 1.29 is 22.3 Å². The minimum atomic E-state index is -3.81. The molecule has 1 atom stereocenters. The van der Waals surface area contributed by atoms with E-state index in [2.05, 4.69) is 10.2 Å². The molecule has 0 N–H and O–H groups in total. The summed E-state index contributed by atoms with van der Waals surface area (Å²) in [4.78, 5) is 0.0448. The summed E-state index contributed by atoms with van der Waals surface area (Å²) in [7, 11) is -0.807. The van der Waals surface area contributed by atoms with Gasteiger partial charge in [0.1, 0.15) is 16.4 Å². The highest BCUT2D eigenvalue weighted by atomic mass is 35.5. The molecule has 1 aromatic heterocycles. The van der Waals surface area contributed by atoms with Crippen molar-refractivity contribution in [2.24, 2.45) is 0 Å². The van der Waals surface area contributed by atoms with Gasteiger partial charge < -0.3 is 13.9 Å². The minimum absolute atomic E-state index is 0.0448. The van der Waals surface area contributed by atoms with Crippen molar-refractivity contribution in [2.75, 3.05) is 27.3 Å². The van der Waals surface area contributed by atoms with E-state index in [-0.39, 0.29) is 23.1 Å². The number of ether oxygens (including phenoxy) is 2. The van der Waals surface area contributed by atoms with Gasteiger partial charge in [0.2, 0.25) is 15.9 Å². The molecule has 1 aliphatic heterocycles. The lowest BCUT2D eigenvalue weighted by atomic mass is 10.00. The van der Waals surface area contributed by atoms with Gasteiger partial charge in [-0.25, -0.2) is 8.42 Å². The molecule has 0 radical (unpaired) electrons. The number of aromatic nitrogens is 2. The number of piperidine rings is 1. The second kappa shape index (κ2) is 8.86. The van der Waals surface area contributed by atoms with Crippen LogP contribution in [0, 0.1) is 0 Å². The summed E-state index contributed by atoms with van der Waals surface area (Å²) < 4.78 is 44.6. The highest BCUT2D eigenvalue weighted by molar-refractivity contribution is 7.89. The number of benzene rings is 2. The SMILES string of the molecule is COc1ccccc1-c1nnc(C2CCCN(S(=O)(=O)c3cc(Cl)ccc3OC)C2)o1. The summed E-state index contributed by atoms with van der Waals surface area (Å²) in [5.74, 6) is 1.40. The Morgan fingerprint density at radius 1 is 1.10 bits per heavy atom. The van der Waals surface area contributed by atoms with Gasteiger partial charge in [-0.05, 0) is 43.2 Å². The summed E-state index contributed by atoms with van der Waals surface area (Å²) >= 11 is 6.05. The van der Waals surface area contributed by atoms with Crippen LogP contribution in [0.5, 0.6) is 11.5 Å². The zero-order valence-corrected chi connectivity index (χ0v) is 18.7. The lowest BCUT2D eigenvalue weighted by Gasteiger charge is -2.30. The fraction of sp³-hybridized carbons (Fsp3) is 0.333. The Kier molecular flexibility index (Phi) is 6.17. The molecule has 1 saturated heterocycles. The molecule has 0 bridgehead atoms. The van der Waals surface area contributed by atoms with Gasteiger partial charge in [0.05, 0.1) is 25.7 Å². The van der Waals surface area contributed by atoms with Crippen molar-refractivity contribution in [1.82, 2.24) is 14.5 Å². The second-order valence-electron chi connectivity index (χ2n) is 7.14. The van der Waals surface area contributed by atoms with Crippen LogP contribution in [0.2, 0.25) is 5.02 Å². The van der Waals surface area contributed by atoms with Crippen LogP contribution in [0.15, 0.2) is 51.8 Å². The lowest BCUT2D eigenvalue weighted by molar-refractivity contribution is 0.285. The molecule has 10 heteroatoms. The highest BCUT2D eigenvalue weighted by Gasteiger charge is 2.35. The lowest BCUT2D eigenvalue weighted by Crippen LogP contribution is -2.39. The van der Waals surface area contributed by atoms with Crippen LogP contribution in [0.3, 0.4) is 0 Å². The number of rotatable bonds is 6. The van der Waals surface area contributed by atoms with E-state index < -0.39 is 10.0 Å². The molecule has 1 unspecified atom stereocenters. The zero-order chi connectivity index (χ0) is 22.0. The summed E-state index contributed by atoms with van der Waals surface area (Å²) in [6.07, 6.45) is 1.41. The largest absolute Gasteiger partial charge is 0.496 e. The van der Waals surface area contributed by atoms with Crippen molar-refractivity contribution in [3.63, 3.8) is 0 Å². The van der Waals surface area contributed by atoms with E-state index in [1.165, 1.54) is 17.5 Å². The number of sulfonamides is 1. The average molecular weight is 464 g/mol. The molecular weight excluding hydrogens is 442 g/mol. The van der Waals surface area contributed by atoms with Crippen LogP contribution in [0.4, 0.5) is 0 Å². The van der Waals surface area contributed by atoms with E-state index in [1.807, 2.05) is 24.3 Å². The monoisotopic (exact) mass is 463 g/mol. The minimum Gasteiger partial charge on any atom is -0.496 e. The summed E-state index contributed by atoms with van der Waals surface area (Å²) in [6.45, 7) is 0.619. The molecule has 2 heterocycles. The normalized spacial score (nSPS) is 17.5. The zero-order valence-electron chi connectivity index (χ0n) is 17.1. The molecule has 0 saturated carbocycles. The van der Waals surface area contributed by atoms with E-state index in [9.17, 15) is 8.42 Å². The van der Waals surface area contributed by atoms with Crippen LogP contribution in [0.25, 0.3) is 11.5 Å². The maximum absolute atomic E-state index is 13.3. The van der Waals surface area contributed by atoms with Gasteiger partial charge >= 0.3 is 0 Å². The van der Waals surface area contributed by atoms with Crippen molar-refractivity contribution in [3.8, 4) is 23.0 Å². The standard InChI is InChI=1S/C21H22ClN3O5S/c1-28-17-8-4-3-7-16(17)21-24-23-20(30-21)14-6-5-11-25(13-14)31(26,27)19-12-15(22)9-10-18(19)29-2/h3-4,7-10,12,14H,5-6,11,13H2,1-2H3. The molecule has 164 valence electrons. The Balaban J connectivity index is 1.60. The first-order valence-electron chi connectivity index (χ1n) is 9.74. The number of methoxy groups -OCH3 is 2. The smallest absolute Gasteiger partial charge is 0.251 e. The Labute approximate surface area is 185 Å². The molecule has 31 heavy (non-hydrogen) atoms. The van der Waals surface area contributed by atoms with E-state index in [0.717, 1.165) is 6.42 Å². The first kappa shape index (κ1) is 21.6. The van der Waals surface area contributed by atoms with Gasteiger partial charge in [0.25, 0.3) is 5.89 Å². The van der Waals surface area contributed by atoms with Crippen LogP contribution >= 0.6 is 11.6 Å². The maximum atomic E-state index is 13.3. The summed E-state index contributed by atoms with van der Waals surface area (Å²) in [5, 5.41) is 8.67. The van der Waals surface area contributed by atoms with Crippen molar-refractivity contribution in [3.05, 3.63) is 53.4 Å². The molecule has 0 spiro atoms. The van der Waals surface area contributed by atoms with Crippen LogP contribution < -0.4 is 9.47 Å². The molecule has 0 aliphatic carbocycles. The first-order valence-corrected chi connectivity index (χ1v) is 11.6. The van der Waals surface area contributed by atoms with E-state index in [1.54, 1.807) is 19.2 Å².